The number of nitrogens with zero attached hydrogens (tertiary/aromatic N) is 4. The summed E-state index contributed by atoms with van der Waals surface area (Å²) in [6.07, 6.45) is 2.83. The summed E-state index contributed by atoms with van der Waals surface area (Å²) in [5.74, 6) is -0.547. The Hall–Kier alpha value is -2.76. The molecule has 0 aliphatic carbocycles. The molecule has 0 amide bonds. The van der Waals surface area contributed by atoms with E-state index in [0.717, 1.165) is 5.56 Å². The van der Waals surface area contributed by atoms with Crippen LogP contribution in [0, 0.1) is 0 Å². The van der Waals surface area contributed by atoms with E-state index < -0.39 is 5.97 Å². The molecular formula is C13H10N4O2. The highest BCUT2D eigenvalue weighted by molar-refractivity contribution is 5.78. The van der Waals surface area contributed by atoms with Gasteiger partial charge in [0.2, 0.25) is 0 Å². The third kappa shape index (κ3) is 2.03. The van der Waals surface area contributed by atoms with Crippen LogP contribution in [0.25, 0.3) is 16.8 Å². The lowest BCUT2D eigenvalue weighted by Crippen LogP contribution is -2.06. The van der Waals surface area contributed by atoms with E-state index >= 15 is 0 Å². The summed E-state index contributed by atoms with van der Waals surface area (Å²) >= 11 is 0. The van der Waals surface area contributed by atoms with Gasteiger partial charge in [0.15, 0.2) is 0 Å². The van der Waals surface area contributed by atoms with E-state index in [1.54, 1.807) is 6.20 Å². The number of carboxylic acids is 1. The Morgan fingerprint density at radius 3 is 2.79 bits per heavy atom. The molecule has 19 heavy (non-hydrogen) atoms. The minimum absolute atomic E-state index is 0.176. The molecule has 3 aromatic rings. The standard InChI is InChI=1S/C13H10N4O2/c18-12(19)6-11-16-13(9-4-2-1-3-5-9)10-7-14-8-15-17(10)11/h1-5,7-8H,6H2,(H,18,19). The maximum absolute atomic E-state index is 10.9. The molecular weight excluding hydrogens is 244 g/mol. The molecule has 1 N–H and O–H groups in total. The van der Waals surface area contributed by atoms with Gasteiger partial charge in [0.1, 0.15) is 24.1 Å². The van der Waals surface area contributed by atoms with Gasteiger partial charge in [0.25, 0.3) is 0 Å². The lowest BCUT2D eigenvalue weighted by molar-refractivity contribution is -0.136. The lowest BCUT2D eigenvalue weighted by atomic mass is 10.1. The molecule has 0 spiro atoms. The van der Waals surface area contributed by atoms with Crippen LogP contribution >= 0.6 is 0 Å². The summed E-state index contributed by atoms with van der Waals surface area (Å²) in [5, 5.41) is 13.0. The lowest BCUT2D eigenvalue weighted by Gasteiger charge is -1.96. The Balaban J connectivity index is 2.23. The predicted molar refractivity (Wildman–Crippen MR) is 67.6 cm³/mol. The summed E-state index contributed by atoms with van der Waals surface area (Å²) in [6, 6.07) is 9.55. The zero-order chi connectivity index (χ0) is 13.2. The predicted octanol–water partition coefficient (Wildman–Crippen LogP) is 1.42. The summed E-state index contributed by atoms with van der Waals surface area (Å²) in [7, 11) is 0. The van der Waals surface area contributed by atoms with Crippen LogP contribution in [-0.4, -0.2) is 30.7 Å². The van der Waals surface area contributed by atoms with E-state index in [1.165, 1.54) is 10.8 Å². The van der Waals surface area contributed by atoms with E-state index in [4.69, 9.17) is 5.11 Å². The highest BCUT2D eigenvalue weighted by Gasteiger charge is 2.15. The molecule has 0 aliphatic rings. The second-order valence-electron chi connectivity index (χ2n) is 4.02. The first-order valence-corrected chi connectivity index (χ1v) is 5.70. The molecule has 3 rings (SSSR count). The number of aliphatic carboxylic acids is 1. The molecule has 0 fully saturated rings. The van der Waals surface area contributed by atoms with Gasteiger partial charge in [-0.05, 0) is 0 Å². The molecule has 2 heterocycles. The molecule has 0 unspecified atom stereocenters. The molecule has 1 aromatic carbocycles. The van der Waals surface area contributed by atoms with Gasteiger partial charge < -0.3 is 5.11 Å². The fraction of sp³-hybridized carbons (Fsp3) is 0.0769. The van der Waals surface area contributed by atoms with Crippen molar-refractivity contribution in [2.24, 2.45) is 0 Å². The molecule has 0 saturated carbocycles. The maximum atomic E-state index is 10.9. The molecule has 2 aromatic heterocycles. The Bertz CT molecular complexity index is 737. The average Bonchev–Trinajstić information content (AvgIpc) is 2.78. The zero-order valence-electron chi connectivity index (χ0n) is 9.89. The molecule has 0 saturated heterocycles. The maximum Gasteiger partial charge on any atom is 0.311 e. The summed E-state index contributed by atoms with van der Waals surface area (Å²) < 4.78 is 1.52. The van der Waals surface area contributed by atoms with Crippen molar-refractivity contribution < 1.29 is 9.90 Å². The first-order valence-electron chi connectivity index (χ1n) is 5.70. The first-order chi connectivity index (χ1) is 9.25. The summed E-state index contributed by atoms with van der Waals surface area (Å²) in [6.45, 7) is 0. The van der Waals surface area contributed by atoms with Crippen molar-refractivity contribution in [2.75, 3.05) is 0 Å². The number of imidazole rings is 1. The minimum atomic E-state index is -0.940. The van der Waals surface area contributed by atoms with Crippen molar-refractivity contribution >= 4 is 11.5 Å². The molecule has 6 heteroatoms. The van der Waals surface area contributed by atoms with Crippen molar-refractivity contribution in [2.45, 2.75) is 6.42 Å². The van der Waals surface area contributed by atoms with E-state index in [1.807, 2.05) is 30.3 Å². The number of hydrogen-bond acceptors (Lipinski definition) is 4. The molecule has 0 aliphatic heterocycles. The molecule has 6 nitrogen and oxygen atoms in total. The Morgan fingerprint density at radius 1 is 1.26 bits per heavy atom. The number of hydrogen-bond donors (Lipinski definition) is 1. The van der Waals surface area contributed by atoms with Crippen molar-refractivity contribution in [3.05, 3.63) is 48.7 Å². The second kappa shape index (κ2) is 4.49. The number of fused-ring (bicyclic) bond motifs is 1. The number of aromatic nitrogens is 4. The minimum Gasteiger partial charge on any atom is -0.481 e. The third-order valence-corrected chi connectivity index (χ3v) is 2.74. The van der Waals surface area contributed by atoms with Crippen LogP contribution in [0.2, 0.25) is 0 Å². The van der Waals surface area contributed by atoms with Gasteiger partial charge in [-0.2, -0.15) is 5.10 Å². The van der Waals surface area contributed by atoms with E-state index in [-0.39, 0.29) is 6.42 Å². The van der Waals surface area contributed by atoms with Crippen LogP contribution < -0.4 is 0 Å². The van der Waals surface area contributed by atoms with Crippen LogP contribution in [0.5, 0.6) is 0 Å². The van der Waals surface area contributed by atoms with Crippen LogP contribution in [0.1, 0.15) is 5.82 Å². The van der Waals surface area contributed by atoms with Gasteiger partial charge in [0, 0.05) is 5.56 Å². The third-order valence-electron chi connectivity index (χ3n) is 2.74. The smallest absolute Gasteiger partial charge is 0.311 e. The molecule has 0 atom stereocenters. The van der Waals surface area contributed by atoms with Gasteiger partial charge in [-0.15, -0.1) is 0 Å². The van der Waals surface area contributed by atoms with Gasteiger partial charge >= 0.3 is 5.97 Å². The Labute approximate surface area is 108 Å². The van der Waals surface area contributed by atoms with E-state index in [9.17, 15) is 4.79 Å². The van der Waals surface area contributed by atoms with Crippen molar-refractivity contribution in [1.29, 1.82) is 0 Å². The highest BCUT2D eigenvalue weighted by atomic mass is 16.4. The molecule has 94 valence electrons. The van der Waals surface area contributed by atoms with E-state index in [2.05, 4.69) is 15.1 Å². The Kier molecular flexibility index (Phi) is 2.68. The Morgan fingerprint density at radius 2 is 2.05 bits per heavy atom. The van der Waals surface area contributed by atoms with Gasteiger partial charge in [-0.25, -0.2) is 14.5 Å². The highest BCUT2D eigenvalue weighted by Crippen LogP contribution is 2.23. The normalized spacial score (nSPS) is 10.7. The van der Waals surface area contributed by atoms with E-state index in [0.29, 0.717) is 17.0 Å². The topological polar surface area (TPSA) is 80.4 Å². The summed E-state index contributed by atoms with van der Waals surface area (Å²) in [5.41, 5.74) is 2.30. The zero-order valence-corrected chi connectivity index (χ0v) is 9.89. The quantitative estimate of drug-likeness (QED) is 0.764. The average molecular weight is 254 g/mol. The van der Waals surface area contributed by atoms with Gasteiger partial charge in [-0.1, -0.05) is 30.3 Å². The number of carboxylic acid groups (broad SMARTS) is 1. The van der Waals surface area contributed by atoms with Gasteiger partial charge in [-0.3, -0.25) is 4.79 Å². The van der Waals surface area contributed by atoms with Crippen molar-refractivity contribution in [3.63, 3.8) is 0 Å². The number of carbonyl (C=O) groups is 1. The largest absolute Gasteiger partial charge is 0.481 e. The summed E-state index contributed by atoms with van der Waals surface area (Å²) in [4.78, 5) is 19.2. The van der Waals surface area contributed by atoms with Crippen molar-refractivity contribution in [1.82, 2.24) is 19.6 Å². The van der Waals surface area contributed by atoms with Crippen LogP contribution in [-0.2, 0) is 11.2 Å². The monoisotopic (exact) mass is 254 g/mol. The van der Waals surface area contributed by atoms with Crippen molar-refractivity contribution in [3.8, 4) is 11.3 Å². The fourth-order valence-corrected chi connectivity index (χ4v) is 1.96. The van der Waals surface area contributed by atoms with Crippen LogP contribution in [0.4, 0.5) is 0 Å². The number of benzene rings is 1. The van der Waals surface area contributed by atoms with Crippen LogP contribution in [0.3, 0.4) is 0 Å². The first kappa shape index (κ1) is 11.3. The molecule has 0 bridgehead atoms. The fourth-order valence-electron chi connectivity index (χ4n) is 1.96. The van der Waals surface area contributed by atoms with Gasteiger partial charge in [0.05, 0.1) is 11.9 Å². The van der Waals surface area contributed by atoms with Crippen LogP contribution in [0.15, 0.2) is 42.9 Å². The molecule has 0 radical (unpaired) electrons. The SMILES string of the molecule is O=C(O)Cc1nc(-c2ccccc2)c2cncnn12. The number of rotatable bonds is 3. The second-order valence-corrected chi connectivity index (χ2v) is 4.02.